The lowest BCUT2D eigenvalue weighted by Crippen LogP contribution is -2.43. The number of carbonyl (C=O) groups excluding carboxylic acids is 2. The summed E-state index contributed by atoms with van der Waals surface area (Å²) in [6, 6.07) is 15.3. The van der Waals surface area contributed by atoms with E-state index in [0.717, 1.165) is 22.3 Å². The minimum Gasteiger partial charge on any atom is -0.480 e. The number of fused-ring (bicyclic) bond motifs is 3. The molecule has 0 unspecified atom stereocenters. The van der Waals surface area contributed by atoms with Gasteiger partial charge in [0.15, 0.2) is 0 Å². The third-order valence-corrected chi connectivity index (χ3v) is 5.26. The van der Waals surface area contributed by atoms with Gasteiger partial charge in [0.1, 0.15) is 19.2 Å². The quantitative estimate of drug-likeness (QED) is 0.829. The van der Waals surface area contributed by atoms with Crippen LogP contribution in [0.15, 0.2) is 48.5 Å². The largest absolute Gasteiger partial charge is 0.480 e. The number of carbonyl (C=O) groups is 3. The first-order valence-corrected chi connectivity index (χ1v) is 9.16. The average Bonchev–Trinajstić information content (AvgIpc) is 3.18. The van der Waals surface area contributed by atoms with Crippen LogP contribution >= 0.6 is 0 Å². The number of benzene rings is 2. The number of hydrogen-bond donors (Lipinski definition) is 2. The normalized spacial score (nSPS) is 17.9. The summed E-state index contributed by atoms with van der Waals surface area (Å²) in [5.74, 6) is -1.52. The predicted octanol–water partition coefficient (Wildman–Crippen LogP) is 2.21. The Hall–Kier alpha value is -3.35. The number of carboxylic acid groups (broad SMARTS) is 1. The maximum atomic E-state index is 12.2. The Morgan fingerprint density at radius 3 is 2.29 bits per heavy atom. The molecular formula is C21H20N2O5. The van der Waals surface area contributed by atoms with E-state index in [0.29, 0.717) is 13.0 Å². The number of aliphatic carboxylic acids is 1. The minimum atomic E-state index is -1.07. The van der Waals surface area contributed by atoms with Crippen LogP contribution in [0.3, 0.4) is 0 Å². The Bertz CT molecular complexity index is 896. The van der Waals surface area contributed by atoms with Crippen LogP contribution in [0.2, 0.25) is 0 Å². The second-order valence-corrected chi connectivity index (χ2v) is 6.96. The van der Waals surface area contributed by atoms with Gasteiger partial charge in [-0.15, -0.1) is 0 Å². The molecule has 1 aliphatic heterocycles. The molecule has 2 aliphatic rings. The molecule has 28 heavy (non-hydrogen) atoms. The van der Waals surface area contributed by atoms with Crippen molar-refractivity contribution in [1.29, 1.82) is 0 Å². The summed E-state index contributed by atoms with van der Waals surface area (Å²) in [7, 11) is 0. The minimum absolute atomic E-state index is 0.0547. The molecule has 1 atom stereocenters. The van der Waals surface area contributed by atoms with Crippen molar-refractivity contribution in [3.05, 3.63) is 59.7 Å². The van der Waals surface area contributed by atoms with Crippen molar-refractivity contribution in [2.75, 3.05) is 19.7 Å². The molecule has 144 valence electrons. The molecule has 0 spiro atoms. The Morgan fingerprint density at radius 1 is 1.07 bits per heavy atom. The van der Waals surface area contributed by atoms with Crippen molar-refractivity contribution in [3.63, 3.8) is 0 Å². The summed E-state index contributed by atoms with van der Waals surface area (Å²) in [6.07, 6.45) is -0.298. The molecule has 1 heterocycles. The number of amides is 2. The number of carboxylic acids is 1. The molecule has 7 nitrogen and oxygen atoms in total. The number of nitrogens with zero attached hydrogens (tertiary/aromatic N) is 1. The fraction of sp³-hybridized carbons (Fsp3) is 0.286. The van der Waals surface area contributed by atoms with Crippen LogP contribution in [-0.4, -0.2) is 53.7 Å². The highest BCUT2D eigenvalue weighted by molar-refractivity contribution is 5.89. The first-order valence-electron chi connectivity index (χ1n) is 9.16. The van der Waals surface area contributed by atoms with Crippen LogP contribution in [-0.2, 0) is 14.3 Å². The van der Waals surface area contributed by atoms with Crippen molar-refractivity contribution in [3.8, 4) is 11.1 Å². The topological polar surface area (TPSA) is 95.9 Å². The fourth-order valence-electron chi connectivity index (χ4n) is 3.98. The molecule has 1 fully saturated rings. The second-order valence-electron chi connectivity index (χ2n) is 6.96. The van der Waals surface area contributed by atoms with Gasteiger partial charge < -0.3 is 20.1 Å². The van der Waals surface area contributed by atoms with Crippen molar-refractivity contribution in [2.45, 2.75) is 18.4 Å². The number of alkyl carbamates (subject to hydrolysis) is 1. The molecule has 2 aromatic carbocycles. The van der Waals surface area contributed by atoms with E-state index in [1.165, 1.54) is 4.90 Å². The zero-order valence-electron chi connectivity index (χ0n) is 15.1. The van der Waals surface area contributed by atoms with E-state index in [1.807, 2.05) is 36.4 Å². The monoisotopic (exact) mass is 380 g/mol. The SMILES string of the molecule is O=C(O)CN1CC[C@@H](NC(=O)OCC2c3ccccc3-c3ccccc32)C1=O. The first kappa shape index (κ1) is 18.0. The molecule has 2 N–H and O–H groups in total. The Kier molecular flexibility index (Phi) is 4.73. The molecule has 4 rings (SSSR count). The number of hydrogen-bond acceptors (Lipinski definition) is 4. The first-order chi connectivity index (χ1) is 13.5. The molecule has 0 radical (unpaired) electrons. The van der Waals surface area contributed by atoms with E-state index in [1.54, 1.807) is 0 Å². The Balaban J connectivity index is 1.39. The van der Waals surface area contributed by atoms with Crippen molar-refractivity contribution < 1.29 is 24.2 Å². The van der Waals surface area contributed by atoms with Crippen molar-refractivity contribution in [2.24, 2.45) is 0 Å². The summed E-state index contributed by atoms with van der Waals surface area (Å²) in [5, 5.41) is 11.4. The van der Waals surface area contributed by atoms with Crippen LogP contribution in [0.5, 0.6) is 0 Å². The van der Waals surface area contributed by atoms with Gasteiger partial charge in [-0.25, -0.2) is 4.79 Å². The molecule has 2 aromatic rings. The highest BCUT2D eigenvalue weighted by Gasteiger charge is 2.34. The molecule has 0 aromatic heterocycles. The van der Waals surface area contributed by atoms with E-state index in [9.17, 15) is 14.4 Å². The third-order valence-electron chi connectivity index (χ3n) is 5.26. The van der Waals surface area contributed by atoms with Crippen LogP contribution in [0.4, 0.5) is 4.79 Å². The average molecular weight is 380 g/mol. The smallest absolute Gasteiger partial charge is 0.407 e. The van der Waals surface area contributed by atoms with Gasteiger partial charge in [0.2, 0.25) is 5.91 Å². The van der Waals surface area contributed by atoms with Crippen LogP contribution in [0.1, 0.15) is 23.5 Å². The van der Waals surface area contributed by atoms with Gasteiger partial charge in [0.25, 0.3) is 0 Å². The van der Waals surface area contributed by atoms with Gasteiger partial charge in [-0.2, -0.15) is 0 Å². The van der Waals surface area contributed by atoms with E-state index >= 15 is 0 Å². The lowest BCUT2D eigenvalue weighted by molar-refractivity contribution is -0.143. The molecule has 7 heteroatoms. The highest BCUT2D eigenvalue weighted by atomic mass is 16.5. The number of likely N-dealkylation sites (tertiary alicyclic amines) is 1. The number of nitrogens with one attached hydrogen (secondary N) is 1. The Morgan fingerprint density at radius 2 is 1.68 bits per heavy atom. The molecular weight excluding hydrogens is 360 g/mol. The number of ether oxygens (including phenoxy) is 1. The molecule has 0 bridgehead atoms. The predicted molar refractivity (Wildman–Crippen MR) is 101 cm³/mol. The summed E-state index contributed by atoms with van der Waals surface area (Å²) in [5.41, 5.74) is 4.51. The third kappa shape index (κ3) is 3.31. The van der Waals surface area contributed by atoms with Gasteiger partial charge in [-0.1, -0.05) is 48.5 Å². The molecule has 1 aliphatic carbocycles. The lowest BCUT2D eigenvalue weighted by atomic mass is 9.98. The molecule has 2 amide bonds. The highest BCUT2D eigenvalue weighted by Crippen LogP contribution is 2.44. The van der Waals surface area contributed by atoms with Crippen LogP contribution in [0.25, 0.3) is 11.1 Å². The second kappa shape index (κ2) is 7.34. The maximum absolute atomic E-state index is 12.2. The lowest BCUT2D eigenvalue weighted by Gasteiger charge is -2.17. The van der Waals surface area contributed by atoms with Gasteiger partial charge in [0.05, 0.1) is 0 Å². The van der Waals surface area contributed by atoms with Crippen molar-refractivity contribution >= 4 is 18.0 Å². The molecule has 0 saturated carbocycles. The van der Waals surface area contributed by atoms with Gasteiger partial charge >= 0.3 is 12.1 Å². The van der Waals surface area contributed by atoms with Crippen LogP contribution < -0.4 is 5.32 Å². The summed E-state index contributed by atoms with van der Waals surface area (Å²) < 4.78 is 5.43. The molecule has 1 saturated heterocycles. The number of rotatable bonds is 5. The standard InChI is InChI=1S/C21H20N2O5/c24-19(25)11-23-10-9-18(20(23)26)22-21(27)28-12-17-15-7-3-1-5-13(15)14-6-2-4-8-16(14)17/h1-8,17-18H,9-12H2,(H,22,27)(H,24,25)/t18-/m1/s1. The van der Waals surface area contributed by atoms with E-state index in [4.69, 9.17) is 9.84 Å². The summed E-state index contributed by atoms with van der Waals surface area (Å²) in [4.78, 5) is 36.4. The van der Waals surface area contributed by atoms with E-state index in [2.05, 4.69) is 17.4 Å². The zero-order valence-corrected chi connectivity index (χ0v) is 15.1. The van der Waals surface area contributed by atoms with Gasteiger partial charge in [-0.3, -0.25) is 9.59 Å². The van der Waals surface area contributed by atoms with E-state index in [-0.39, 0.29) is 19.1 Å². The maximum Gasteiger partial charge on any atom is 0.407 e. The zero-order chi connectivity index (χ0) is 19.7. The van der Waals surface area contributed by atoms with Crippen molar-refractivity contribution in [1.82, 2.24) is 10.2 Å². The summed E-state index contributed by atoms with van der Waals surface area (Å²) in [6.45, 7) is 0.112. The Labute approximate surface area is 161 Å². The van der Waals surface area contributed by atoms with Gasteiger partial charge in [0, 0.05) is 12.5 Å². The summed E-state index contributed by atoms with van der Waals surface area (Å²) >= 11 is 0. The fourth-order valence-corrected chi connectivity index (χ4v) is 3.98. The van der Waals surface area contributed by atoms with E-state index < -0.39 is 24.0 Å². The van der Waals surface area contributed by atoms with Gasteiger partial charge in [-0.05, 0) is 28.7 Å². The van der Waals surface area contributed by atoms with Crippen LogP contribution in [0, 0.1) is 0 Å².